The Morgan fingerprint density at radius 2 is 2.41 bits per heavy atom. The molecular formula is C11H19N3O2S. The lowest BCUT2D eigenvalue weighted by molar-refractivity contribution is -0.121. The van der Waals surface area contributed by atoms with Crippen LogP contribution in [0.1, 0.15) is 24.3 Å². The largest absolute Gasteiger partial charge is 0.383 e. The molecule has 0 bridgehead atoms. The van der Waals surface area contributed by atoms with Crippen LogP contribution in [0.3, 0.4) is 0 Å². The average Bonchev–Trinajstić information content (AvgIpc) is 2.82. The molecule has 0 aliphatic rings. The molecule has 0 aliphatic heterocycles. The van der Waals surface area contributed by atoms with E-state index in [1.807, 2.05) is 11.7 Å². The molecule has 0 aliphatic carbocycles. The van der Waals surface area contributed by atoms with Crippen LogP contribution < -0.4 is 10.6 Å². The molecular weight excluding hydrogens is 238 g/mol. The first-order valence-corrected chi connectivity index (χ1v) is 6.49. The van der Waals surface area contributed by atoms with Crippen molar-refractivity contribution in [3.63, 3.8) is 0 Å². The summed E-state index contributed by atoms with van der Waals surface area (Å²) in [5.41, 5.74) is 1.81. The standard InChI is InChI=1S/C11H19N3O2S/c1-9(10-7-12-8-17-10)13-4-3-11(15)14-5-6-16-2/h7-9,13H,3-6H2,1-2H3,(H,14,15). The molecule has 1 aromatic heterocycles. The normalized spacial score (nSPS) is 12.4. The molecule has 6 heteroatoms. The zero-order chi connectivity index (χ0) is 12.5. The number of aromatic nitrogens is 1. The Balaban J connectivity index is 2.09. The van der Waals surface area contributed by atoms with Crippen LogP contribution in [0, 0.1) is 0 Å². The minimum absolute atomic E-state index is 0.0473. The quantitative estimate of drug-likeness (QED) is 0.681. The van der Waals surface area contributed by atoms with Gasteiger partial charge in [-0.05, 0) is 6.92 Å². The number of ether oxygens (including phenoxy) is 1. The van der Waals surface area contributed by atoms with Crippen molar-refractivity contribution < 1.29 is 9.53 Å². The molecule has 0 radical (unpaired) electrons. The van der Waals surface area contributed by atoms with E-state index in [1.54, 1.807) is 18.4 Å². The van der Waals surface area contributed by atoms with Gasteiger partial charge in [-0.1, -0.05) is 0 Å². The van der Waals surface area contributed by atoms with E-state index in [-0.39, 0.29) is 11.9 Å². The zero-order valence-corrected chi connectivity index (χ0v) is 11.0. The third kappa shape index (κ3) is 5.76. The van der Waals surface area contributed by atoms with Gasteiger partial charge in [0.15, 0.2) is 0 Å². The summed E-state index contributed by atoms with van der Waals surface area (Å²) < 4.78 is 4.85. The number of methoxy groups -OCH3 is 1. The Bertz CT molecular complexity index is 317. The van der Waals surface area contributed by atoms with Gasteiger partial charge in [-0.2, -0.15) is 0 Å². The van der Waals surface area contributed by atoms with Crippen LogP contribution in [0.2, 0.25) is 0 Å². The van der Waals surface area contributed by atoms with Gasteiger partial charge in [0.2, 0.25) is 5.91 Å². The van der Waals surface area contributed by atoms with Crippen LogP contribution in [0.4, 0.5) is 0 Å². The second kappa shape index (κ2) is 8.16. The molecule has 2 N–H and O–H groups in total. The number of carbonyl (C=O) groups excluding carboxylic acids is 1. The molecule has 0 fully saturated rings. The van der Waals surface area contributed by atoms with Gasteiger partial charge in [0.1, 0.15) is 0 Å². The topological polar surface area (TPSA) is 63.2 Å². The van der Waals surface area contributed by atoms with Gasteiger partial charge < -0.3 is 15.4 Å². The van der Waals surface area contributed by atoms with E-state index >= 15 is 0 Å². The molecule has 0 saturated carbocycles. The van der Waals surface area contributed by atoms with E-state index in [2.05, 4.69) is 22.5 Å². The van der Waals surface area contributed by atoms with Crippen LogP contribution in [-0.4, -0.2) is 37.7 Å². The maximum atomic E-state index is 11.4. The molecule has 1 atom stereocenters. The number of amides is 1. The monoisotopic (exact) mass is 257 g/mol. The summed E-state index contributed by atoms with van der Waals surface area (Å²) in [7, 11) is 1.62. The molecule has 0 saturated heterocycles. The number of nitrogens with zero attached hydrogens (tertiary/aromatic N) is 1. The van der Waals surface area contributed by atoms with E-state index in [9.17, 15) is 4.79 Å². The highest BCUT2D eigenvalue weighted by atomic mass is 32.1. The molecule has 1 rings (SSSR count). The first-order valence-electron chi connectivity index (χ1n) is 5.61. The molecule has 1 amide bonds. The Morgan fingerprint density at radius 3 is 3.06 bits per heavy atom. The fourth-order valence-electron chi connectivity index (χ4n) is 1.32. The Hall–Kier alpha value is -0.980. The molecule has 1 unspecified atom stereocenters. The van der Waals surface area contributed by atoms with Crippen molar-refractivity contribution in [3.05, 3.63) is 16.6 Å². The molecule has 0 aromatic carbocycles. The number of thiazole rings is 1. The summed E-state index contributed by atoms with van der Waals surface area (Å²) in [4.78, 5) is 16.6. The average molecular weight is 257 g/mol. The Morgan fingerprint density at radius 1 is 1.59 bits per heavy atom. The Labute approximate surface area is 106 Å². The fraction of sp³-hybridized carbons (Fsp3) is 0.636. The van der Waals surface area contributed by atoms with E-state index in [1.165, 1.54) is 4.88 Å². The number of nitrogens with one attached hydrogen (secondary N) is 2. The van der Waals surface area contributed by atoms with Crippen LogP contribution in [0.5, 0.6) is 0 Å². The van der Waals surface area contributed by atoms with Crippen LogP contribution in [-0.2, 0) is 9.53 Å². The number of carbonyl (C=O) groups is 1. The molecule has 5 nitrogen and oxygen atoms in total. The minimum atomic E-state index is 0.0473. The van der Waals surface area contributed by atoms with Crippen molar-refractivity contribution in [1.82, 2.24) is 15.6 Å². The van der Waals surface area contributed by atoms with Crippen molar-refractivity contribution in [2.75, 3.05) is 26.8 Å². The van der Waals surface area contributed by atoms with Crippen molar-refractivity contribution in [2.45, 2.75) is 19.4 Å². The van der Waals surface area contributed by atoms with E-state index in [0.29, 0.717) is 26.1 Å². The van der Waals surface area contributed by atoms with Crippen molar-refractivity contribution in [2.24, 2.45) is 0 Å². The summed E-state index contributed by atoms with van der Waals surface area (Å²) in [6.07, 6.45) is 2.33. The summed E-state index contributed by atoms with van der Waals surface area (Å²) in [6, 6.07) is 0.245. The van der Waals surface area contributed by atoms with Crippen molar-refractivity contribution in [1.29, 1.82) is 0 Å². The van der Waals surface area contributed by atoms with E-state index in [4.69, 9.17) is 4.74 Å². The first-order chi connectivity index (χ1) is 8.24. The lowest BCUT2D eigenvalue weighted by Gasteiger charge is -2.11. The lowest BCUT2D eigenvalue weighted by Crippen LogP contribution is -2.30. The summed E-state index contributed by atoms with van der Waals surface area (Å²) in [5, 5.41) is 6.06. The first kappa shape index (κ1) is 14.1. The van der Waals surface area contributed by atoms with Gasteiger partial charge in [0.25, 0.3) is 0 Å². The van der Waals surface area contributed by atoms with Crippen molar-refractivity contribution >= 4 is 17.2 Å². The van der Waals surface area contributed by atoms with Gasteiger partial charge in [-0.15, -0.1) is 11.3 Å². The smallest absolute Gasteiger partial charge is 0.221 e. The van der Waals surface area contributed by atoms with Gasteiger partial charge in [-0.25, -0.2) is 0 Å². The predicted octanol–water partition coefficient (Wildman–Crippen LogP) is 0.946. The highest BCUT2D eigenvalue weighted by molar-refractivity contribution is 7.09. The molecule has 17 heavy (non-hydrogen) atoms. The highest BCUT2D eigenvalue weighted by Gasteiger charge is 2.07. The van der Waals surface area contributed by atoms with Gasteiger partial charge >= 0.3 is 0 Å². The van der Waals surface area contributed by atoms with Crippen LogP contribution in [0.25, 0.3) is 0 Å². The number of hydrogen-bond donors (Lipinski definition) is 2. The van der Waals surface area contributed by atoms with Crippen LogP contribution in [0.15, 0.2) is 11.7 Å². The lowest BCUT2D eigenvalue weighted by atomic mass is 10.3. The number of hydrogen-bond acceptors (Lipinski definition) is 5. The van der Waals surface area contributed by atoms with Gasteiger partial charge in [0, 0.05) is 43.7 Å². The molecule has 1 heterocycles. The second-order valence-corrected chi connectivity index (χ2v) is 4.59. The van der Waals surface area contributed by atoms with Crippen LogP contribution >= 0.6 is 11.3 Å². The summed E-state index contributed by atoms with van der Waals surface area (Å²) in [6.45, 7) is 3.85. The zero-order valence-electron chi connectivity index (χ0n) is 10.2. The van der Waals surface area contributed by atoms with Gasteiger partial charge in [0.05, 0.1) is 12.1 Å². The third-order valence-corrected chi connectivity index (χ3v) is 3.27. The summed E-state index contributed by atoms with van der Waals surface area (Å²) in [5.74, 6) is 0.0473. The second-order valence-electron chi connectivity index (χ2n) is 3.67. The van der Waals surface area contributed by atoms with E-state index < -0.39 is 0 Å². The predicted molar refractivity (Wildman–Crippen MR) is 68.0 cm³/mol. The minimum Gasteiger partial charge on any atom is -0.383 e. The maximum absolute atomic E-state index is 11.4. The third-order valence-electron chi connectivity index (χ3n) is 2.31. The Kier molecular flexibility index (Phi) is 6.76. The van der Waals surface area contributed by atoms with E-state index in [0.717, 1.165) is 0 Å². The van der Waals surface area contributed by atoms with Gasteiger partial charge in [-0.3, -0.25) is 9.78 Å². The molecule has 96 valence electrons. The number of rotatable bonds is 8. The SMILES string of the molecule is COCCNC(=O)CCNC(C)c1cncs1. The maximum Gasteiger partial charge on any atom is 0.221 e. The summed E-state index contributed by atoms with van der Waals surface area (Å²) >= 11 is 1.62. The van der Waals surface area contributed by atoms with Crippen molar-refractivity contribution in [3.8, 4) is 0 Å². The molecule has 0 spiro atoms. The fourth-order valence-corrected chi connectivity index (χ4v) is 1.98. The molecule has 1 aromatic rings. The highest BCUT2D eigenvalue weighted by Crippen LogP contribution is 2.15.